The van der Waals surface area contributed by atoms with Gasteiger partial charge < -0.3 is 19.5 Å². The molecule has 0 saturated heterocycles. The van der Waals surface area contributed by atoms with Gasteiger partial charge >= 0.3 is 17.8 Å². The van der Waals surface area contributed by atoms with Crippen molar-refractivity contribution in [1.29, 1.82) is 0 Å². The minimum atomic E-state index is -1.02. The molecule has 0 saturated carbocycles. The summed E-state index contributed by atoms with van der Waals surface area (Å²) >= 11 is 10.8. The van der Waals surface area contributed by atoms with Crippen LogP contribution in [0.15, 0.2) is 39.9 Å². The van der Waals surface area contributed by atoms with Crippen LogP contribution in [-0.2, 0) is 33.8 Å². The summed E-state index contributed by atoms with van der Waals surface area (Å²) in [4.78, 5) is 38.5. The molecule has 1 aliphatic carbocycles. The maximum atomic E-state index is 14.2. The molecule has 41 heavy (non-hydrogen) atoms. The maximum absolute atomic E-state index is 14.2. The van der Waals surface area contributed by atoms with Gasteiger partial charge in [-0.1, -0.05) is 17.7 Å². The number of hydrogen-bond acceptors (Lipinski definition) is 8. The van der Waals surface area contributed by atoms with Crippen molar-refractivity contribution in [2.75, 3.05) is 18.5 Å². The Hall–Kier alpha value is -3.48. The molecule has 0 fully saturated rings. The molecule has 13 heteroatoms. The average molecular weight is 667 g/mol. The Morgan fingerprint density at radius 3 is 2.68 bits per heavy atom. The number of nitrogens with one attached hydrogen (secondary N) is 2. The highest BCUT2D eigenvalue weighted by Crippen LogP contribution is 2.40. The number of hydrogen-bond donors (Lipinski definition) is 2. The predicted molar refractivity (Wildman–Crippen MR) is 158 cm³/mol. The normalized spacial score (nSPS) is 12.2. The average Bonchev–Trinajstić information content (AvgIpc) is 3.50. The Kier molecular flexibility index (Phi) is 10.4. The lowest BCUT2D eigenvalue weighted by atomic mass is 10.1. The molecule has 0 spiro atoms. The van der Waals surface area contributed by atoms with Crippen molar-refractivity contribution in [2.45, 2.75) is 39.7 Å². The molecule has 0 aliphatic heterocycles. The minimum Gasteiger partial charge on any atom is -0.490 e. The molecule has 2 aromatic carbocycles. The van der Waals surface area contributed by atoms with E-state index in [2.05, 4.69) is 31.8 Å². The summed E-state index contributed by atoms with van der Waals surface area (Å²) in [5.41, 5.74) is 4.07. The number of ether oxygens (including phenoxy) is 3. The van der Waals surface area contributed by atoms with Crippen molar-refractivity contribution < 1.29 is 33.0 Å². The van der Waals surface area contributed by atoms with Gasteiger partial charge in [0.1, 0.15) is 17.4 Å². The predicted octanol–water partition coefficient (Wildman–Crippen LogP) is 6.04. The molecule has 0 radical (unpaired) electrons. The van der Waals surface area contributed by atoms with Gasteiger partial charge in [0, 0.05) is 10.4 Å². The standard InChI is InChI=1S/C28H26BrClFN3O6S/c1-3-38-21-12-15(11-18(29)24(21)40-14-17-19(30)8-6-9-20(17)31)13-32-34-26(36)25(35)33-27-23(28(37)39-4-2)16-7-5-10-22(16)41-27/h6,8-9,11-13H,3-5,7,10,14H2,1-2H3,(H,33,35)(H,34,36)/b32-13+. The van der Waals surface area contributed by atoms with Crippen molar-refractivity contribution in [1.82, 2.24) is 5.43 Å². The number of benzene rings is 2. The van der Waals surface area contributed by atoms with E-state index >= 15 is 0 Å². The summed E-state index contributed by atoms with van der Waals surface area (Å²) in [6.45, 7) is 3.88. The number of carbonyl (C=O) groups excluding carboxylic acids is 3. The second-order valence-electron chi connectivity index (χ2n) is 8.69. The first-order valence-corrected chi connectivity index (χ1v) is 14.7. The zero-order valence-corrected chi connectivity index (χ0v) is 25.3. The van der Waals surface area contributed by atoms with Crippen molar-refractivity contribution in [3.8, 4) is 11.5 Å². The van der Waals surface area contributed by atoms with E-state index in [0.717, 1.165) is 23.3 Å². The summed E-state index contributed by atoms with van der Waals surface area (Å²) in [5.74, 6) is -2.34. The Balaban J connectivity index is 1.43. The first-order chi connectivity index (χ1) is 19.7. The largest absolute Gasteiger partial charge is 0.490 e. The lowest BCUT2D eigenvalue weighted by Crippen LogP contribution is -2.32. The number of esters is 1. The van der Waals surface area contributed by atoms with Crippen LogP contribution in [0.4, 0.5) is 9.39 Å². The number of fused-ring (bicyclic) bond motifs is 1. The highest BCUT2D eigenvalue weighted by atomic mass is 79.9. The van der Waals surface area contributed by atoms with Gasteiger partial charge in [-0.2, -0.15) is 5.10 Å². The van der Waals surface area contributed by atoms with Gasteiger partial charge in [-0.25, -0.2) is 14.6 Å². The molecule has 1 aliphatic rings. The summed E-state index contributed by atoms with van der Waals surface area (Å²) < 4.78 is 31.3. The van der Waals surface area contributed by atoms with E-state index in [1.807, 2.05) is 0 Å². The second-order valence-corrected chi connectivity index (χ2v) is 11.1. The van der Waals surface area contributed by atoms with Crippen LogP contribution in [0, 0.1) is 5.82 Å². The highest BCUT2D eigenvalue weighted by molar-refractivity contribution is 9.10. The van der Waals surface area contributed by atoms with Gasteiger partial charge in [0.15, 0.2) is 11.5 Å². The van der Waals surface area contributed by atoms with Crippen LogP contribution in [0.1, 0.15) is 52.2 Å². The zero-order valence-electron chi connectivity index (χ0n) is 22.1. The molecule has 0 bridgehead atoms. The van der Waals surface area contributed by atoms with Crippen LogP contribution >= 0.6 is 38.9 Å². The lowest BCUT2D eigenvalue weighted by molar-refractivity contribution is -0.136. The van der Waals surface area contributed by atoms with E-state index in [4.69, 9.17) is 25.8 Å². The summed E-state index contributed by atoms with van der Waals surface area (Å²) in [6, 6.07) is 7.63. The molecule has 0 atom stereocenters. The Morgan fingerprint density at radius 1 is 1.15 bits per heavy atom. The number of anilines is 1. The van der Waals surface area contributed by atoms with Gasteiger partial charge in [-0.05, 0) is 84.4 Å². The fraction of sp³-hybridized carbons (Fsp3) is 0.286. The number of aryl methyl sites for hydroxylation is 1. The van der Waals surface area contributed by atoms with Crippen LogP contribution in [0.25, 0.3) is 0 Å². The van der Waals surface area contributed by atoms with Crippen molar-refractivity contribution in [3.63, 3.8) is 0 Å². The van der Waals surface area contributed by atoms with E-state index in [1.54, 1.807) is 32.0 Å². The number of thiophene rings is 1. The SMILES string of the molecule is CCOC(=O)c1c(NC(=O)C(=O)N/N=C/c2cc(Br)c(OCc3c(F)cccc3Cl)c(OCC)c2)sc2c1CCC2. The minimum absolute atomic E-state index is 0.131. The number of nitrogens with zero attached hydrogens (tertiary/aromatic N) is 1. The summed E-state index contributed by atoms with van der Waals surface area (Å²) in [7, 11) is 0. The first-order valence-electron chi connectivity index (χ1n) is 12.7. The summed E-state index contributed by atoms with van der Waals surface area (Å²) in [5, 5.41) is 6.92. The fourth-order valence-corrected chi connectivity index (χ4v) is 6.23. The molecule has 1 heterocycles. The third-order valence-corrected chi connectivity index (χ3v) is 8.12. The van der Waals surface area contributed by atoms with Crippen LogP contribution < -0.4 is 20.2 Å². The Morgan fingerprint density at radius 2 is 1.95 bits per heavy atom. The molecule has 1 aromatic heterocycles. The molecule has 2 amide bonds. The molecule has 3 aromatic rings. The number of amides is 2. The van der Waals surface area contributed by atoms with E-state index in [1.165, 1.54) is 29.7 Å². The third-order valence-electron chi connectivity index (χ3n) is 5.97. The smallest absolute Gasteiger partial charge is 0.341 e. The second kappa shape index (κ2) is 13.9. The third kappa shape index (κ3) is 7.24. The molecule has 0 unspecified atom stereocenters. The van der Waals surface area contributed by atoms with E-state index < -0.39 is 23.6 Å². The van der Waals surface area contributed by atoms with Crippen LogP contribution in [0.3, 0.4) is 0 Å². The Bertz CT molecular complexity index is 1490. The molecule has 2 N–H and O–H groups in total. The van der Waals surface area contributed by atoms with Crippen LogP contribution in [-0.4, -0.2) is 37.2 Å². The summed E-state index contributed by atoms with van der Waals surface area (Å²) in [6.07, 6.45) is 3.76. The van der Waals surface area contributed by atoms with Gasteiger partial charge in [-0.15, -0.1) is 11.3 Å². The van der Waals surface area contributed by atoms with E-state index in [0.29, 0.717) is 40.1 Å². The van der Waals surface area contributed by atoms with Gasteiger partial charge in [0.25, 0.3) is 0 Å². The lowest BCUT2D eigenvalue weighted by Gasteiger charge is -2.15. The van der Waals surface area contributed by atoms with Crippen molar-refractivity contribution >= 4 is 67.9 Å². The Labute approximate surface area is 253 Å². The number of hydrazone groups is 1. The molecule has 9 nitrogen and oxygen atoms in total. The molecule has 216 valence electrons. The number of carbonyl (C=O) groups is 3. The van der Waals surface area contributed by atoms with E-state index in [9.17, 15) is 18.8 Å². The monoisotopic (exact) mass is 665 g/mol. The fourth-order valence-electron chi connectivity index (χ4n) is 4.17. The number of rotatable bonds is 10. The quantitative estimate of drug-likeness (QED) is 0.118. The molecule has 4 rings (SSSR count). The van der Waals surface area contributed by atoms with Crippen molar-refractivity contribution in [3.05, 3.63) is 72.8 Å². The molecular formula is C28H26BrClFN3O6S. The highest BCUT2D eigenvalue weighted by Gasteiger charge is 2.29. The topological polar surface area (TPSA) is 115 Å². The van der Waals surface area contributed by atoms with E-state index in [-0.39, 0.29) is 28.8 Å². The van der Waals surface area contributed by atoms with Gasteiger partial charge in [0.05, 0.1) is 34.5 Å². The van der Waals surface area contributed by atoms with Gasteiger partial charge in [-0.3, -0.25) is 9.59 Å². The molecular weight excluding hydrogens is 641 g/mol. The van der Waals surface area contributed by atoms with Gasteiger partial charge in [0.2, 0.25) is 0 Å². The van der Waals surface area contributed by atoms with Crippen molar-refractivity contribution in [2.24, 2.45) is 5.10 Å². The zero-order chi connectivity index (χ0) is 29.5. The number of halogens is 3. The first kappa shape index (κ1) is 30.5. The maximum Gasteiger partial charge on any atom is 0.341 e. The van der Waals surface area contributed by atoms with Crippen LogP contribution in [0.2, 0.25) is 5.02 Å². The van der Waals surface area contributed by atoms with Crippen LogP contribution in [0.5, 0.6) is 11.5 Å².